The third-order valence-electron chi connectivity index (χ3n) is 6.87. The predicted octanol–water partition coefficient (Wildman–Crippen LogP) is 6.53. The lowest BCUT2D eigenvalue weighted by molar-refractivity contribution is -0.141. The molecule has 2 aromatic rings. The van der Waals surface area contributed by atoms with Gasteiger partial charge in [-0.2, -0.15) is 0 Å². The van der Waals surface area contributed by atoms with E-state index in [0.29, 0.717) is 6.42 Å². The molecular weight excluding hydrogens is 490 g/mol. The molecule has 2 N–H and O–H groups in total. The van der Waals surface area contributed by atoms with Crippen molar-refractivity contribution in [1.82, 2.24) is 10.2 Å². The lowest BCUT2D eigenvalue weighted by Gasteiger charge is -2.36. The smallest absolute Gasteiger partial charge is 0.408 e. The third kappa shape index (κ3) is 8.07. The average molecular weight is 536 g/mol. The quantitative estimate of drug-likeness (QED) is 0.382. The van der Waals surface area contributed by atoms with Gasteiger partial charge in [0.2, 0.25) is 5.91 Å². The molecule has 7 nitrogen and oxygen atoms in total. The lowest BCUT2D eigenvalue weighted by Crippen LogP contribution is -2.53. The number of carbonyl (C=O) groups excluding carboxylic acids is 3. The number of benzene rings is 2. The zero-order valence-corrected chi connectivity index (χ0v) is 25.0. The predicted molar refractivity (Wildman–Crippen MR) is 156 cm³/mol. The number of anilines is 1. The van der Waals surface area contributed by atoms with E-state index >= 15 is 0 Å². The van der Waals surface area contributed by atoms with Crippen LogP contribution in [0.15, 0.2) is 36.4 Å². The highest BCUT2D eigenvalue weighted by Gasteiger charge is 2.44. The van der Waals surface area contributed by atoms with Crippen molar-refractivity contribution in [2.75, 3.05) is 5.32 Å². The highest BCUT2D eigenvalue weighted by atomic mass is 16.6. The molecule has 2 unspecified atom stereocenters. The maximum atomic E-state index is 14.3. The summed E-state index contributed by atoms with van der Waals surface area (Å²) in [6.45, 7) is 17.3. The van der Waals surface area contributed by atoms with Gasteiger partial charge in [0.15, 0.2) is 0 Å². The number of nitrogens with zero attached hydrogens (tertiary/aromatic N) is 1. The van der Waals surface area contributed by atoms with Gasteiger partial charge in [0.05, 0.1) is 0 Å². The Labute approximate surface area is 233 Å². The Morgan fingerprint density at radius 3 is 2.10 bits per heavy atom. The second-order valence-corrected chi connectivity index (χ2v) is 12.3. The number of carbonyl (C=O) groups is 3. The molecule has 2 aromatic carbocycles. The number of nitrogens with one attached hydrogen (secondary N) is 2. The number of hydrogen-bond donors (Lipinski definition) is 2. The van der Waals surface area contributed by atoms with Crippen molar-refractivity contribution in [2.45, 2.75) is 105 Å². The largest absolute Gasteiger partial charge is 0.444 e. The molecular formula is C32H45N3O4. The third-order valence-corrected chi connectivity index (χ3v) is 6.87. The molecule has 0 saturated heterocycles. The molecule has 1 aliphatic rings. The van der Waals surface area contributed by atoms with Gasteiger partial charge in [0, 0.05) is 11.7 Å². The molecule has 0 radical (unpaired) electrons. The van der Waals surface area contributed by atoms with Crippen LogP contribution in [0.4, 0.5) is 10.5 Å². The topological polar surface area (TPSA) is 87.7 Å². The fourth-order valence-corrected chi connectivity index (χ4v) is 4.95. The summed E-state index contributed by atoms with van der Waals surface area (Å²) in [6.07, 6.45) is 1.41. The number of ether oxygens (including phenoxy) is 1. The van der Waals surface area contributed by atoms with Crippen molar-refractivity contribution in [2.24, 2.45) is 5.92 Å². The van der Waals surface area contributed by atoms with Gasteiger partial charge in [-0.05, 0) is 95.9 Å². The molecule has 0 bridgehead atoms. The van der Waals surface area contributed by atoms with Crippen LogP contribution < -0.4 is 10.6 Å². The van der Waals surface area contributed by atoms with E-state index in [0.717, 1.165) is 46.3 Å². The SMILES string of the molecule is Cc1ccc(C(C(=O)Nc2c(C)cccc2C)N(C(=O)C(CC(C)C)NC(=O)OC(C)(C)C)C2CC2)c(C)c1. The first-order chi connectivity index (χ1) is 18.2. The molecule has 7 heteroatoms. The number of hydrogen-bond acceptors (Lipinski definition) is 4. The van der Waals surface area contributed by atoms with E-state index in [9.17, 15) is 14.4 Å². The highest BCUT2D eigenvalue weighted by molar-refractivity contribution is 6.00. The van der Waals surface area contributed by atoms with Crippen molar-refractivity contribution in [3.8, 4) is 0 Å². The monoisotopic (exact) mass is 535 g/mol. The van der Waals surface area contributed by atoms with E-state index in [1.165, 1.54) is 0 Å². The first-order valence-corrected chi connectivity index (χ1v) is 13.9. The first kappa shape index (κ1) is 30.2. The van der Waals surface area contributed by atoms with Gasteiger partial charge >= 0.3 is 6.09 Å². The summed E-state index contributed by atoms with van der Waals surface area (Å²) < 4.78 is 5.49. The van der Waals surface area contributed by atoms with Gasteiger partial charge in [0.25, 0.3) is 5.91 Å². The summed E-state index contributed by atoms with van der Waals surface area (Å²) in [4.78, 5) is 43.0. The molecule has 39 heavy (non-hydrogen) atoms. The van der Waals surface area contributed by atoms with Gasteiger partial charge in [-0.3, -0.25) is 9.59 Å². The summed E-state index contributed by atoms with van der Waals surface area (Å²) in [7, 11) is 0. The van der Waals surface area contributed by atoms with Crippen LogP contribution in [0.1, 0.15) is 87.7 Å². The molecule has 0 spiro atoms. The highest BCUT2D eigenvalue weighted by Crippen LogP contribution is 2.38. The fourth-order valence-electron chi connectivity index (χ4n) is 4.95. The first-order valence-electron chi connectivity index (χ1n) is 13.9. The Bertz CT molecular complexity index is 1190. The molecule has 0 aliphatic heterocycles. The van der Waals surface area contributed by atoms with Gasteiger partial charge < -0.3 is 20.3 Å². The van der Waals surface area contributed by atoms with Crippen LogP contribution in [0.3, 0.4) is 0 Å². The van der Waals surface area contributed by atoms with E-state index in [1.54, 1.807) is 25.7 Å². The Morgan fingerprint density at radius 1 is 0.974 bits per heavy atom. The van der Waals surface area contributed by atoms with Crippen molar-refractivity contribution < 1.29 is 19.1 Å². The van der Waals surface area contributed by atoms with E-state index in [1.807, 2.05) is 77.9 Å². The number of rotatable bonds is 9. The van der Waals surface area contributed by atoms with Crippen LogP contribution in [0, 0.1) is 33.6 Å². The molecule has 1 saturated carbocycles. The van der Waals surface area contributed by atoms with Gasteiger partial charge in [-0.15, -0.1) is 0 Å². The van der Waals surface area contributed by atoms with Crippen LogP contribution in [-0.2, 0) is 14.3 Å². The number of amides is 3. The molecule has 212 valence electrons. The second-order valence-electron chi connectivity index (χ2n) is 12.3. The maximum absolute atomic E-state index is 14.3. The van der Waals surface area contributed by atoms with Crippen molar-refractivity contribution in [3.63, 3.8) is 0 Å². The summed E-state index contributed by atoms with van der Waals surface area (Å²) in [5.41, 5.74) is 4.77. The van der Waals surface area contributed by atoms with Crippen LogP contribution in [0.25, 0.3) is 0 Å². The number of alkyl carbamates (subject to hydrolysis) is 1. The standard InChI is InChI=1S/C32H45N3O4/c1-19(2)17-26(33-31(38)39-32(7,8)9)30(37)35(24-14-15-24)28(25-16-13-20(3)18-23(25)6)29(36)34-27-21(4)11-10-12-22(27)5/h10-13,16,18-19,24,26,28H,14-15,17H2,1-9H3,(H,33,38)(H,34,36). The zero-order valence-electron chi connectivity index (χ0n) is 25.0. The summed E-state index contributed by atoms with van der Waals surface area (Å²) in [6, 6.07) is 10.1. The summed E-state index contributed by atoms with van der Waals surface area (Å²) in [5.74, 6) is -0.392. The molecule has 3 rings (SSSR count). The molecule has 0 aromatic heterocycles. The Balaban J connectivity index is 2.06. The Hall–Kier alpha value is -3.35. The van der Waals surface area contributed by atoms with Crippen LogP contribution >= 0.6 is 0 Å². The molecule has 3 amide bonds. The second kappa shape index (κ2) is 12.2. The number of para-hydroxylation sites is 1. The van der Waals surface area contributed by atoms with Crippen LogP contribution in [0.2, 0.25) is 0 Å². The molecule has 1 fully saturated rings. The summed E-state index contributed by atoms with van der Waals surface area (Å²) >= 11 is 0. The zero-order chi connectivity index (χ0) is 29.1. The average Bonchev–Trinajstić information content (AvgIpc) is 3.63. The fraction of sp³-hybridized carbons (Fsp3) is 0.531. The van der Waals surface area contributed by atoms with Crippen LogP contribution in [0.5, 0.6) is 0 Å². The molecule has 0 heterocycles. The van der Waals surface area contributed by atoms with Gasteiger partial charge in [-0.1, -0.05) is 55.8 Å². The van der Waals surface area contributed by atoms with Crippen LogP contribution in [-0.4, -0.2) is 40.5 Å². The molecule has 1 aliphatic carbocycles. The van der Waals surface area contributed by atoms with Crippen molar-refractivity contribution >= 4 is 23.6 Å². The number of aryl methyl sites for hydroxylation is 4. The van der Waals surface area contributed by atoms with Crippen molar-refractivity contribution in [1.29, 1.82) is 0 Å². The van der Waals surface area contributed by atoms with E-state index in [2.05, 4.69) is 10.6 Å². The van der Waals surface area contributed by atoms with Crippen molar-refractivity contribution in [3.05, 3.63) is 64.2 Å². The normalized spacial score (nSPS) is 14.9. The minimum Gasteiger partial charge on any atom is -0.444 e. The van der Waals surface area contributed by atoms with Gasteiger partial charge in [0.1, 0.15) is 17.7 Å². The summed E-state index contributed by atoms with van der Waals surface area (Å²) in [5, 5.41) is 5.96. The van der Waals surface area contributed by atoms with Gasteiger partial charge in [-0.25, -0.2) is 4.79 Å². The minimum atomic E-state index is -0.847. The van der Waals surface area contributed by atoms with E-state index < -0.39 is 23.8 Å². The minimum absolute atomic E-state index is 0.0815. The molecule has 2 atom stereocenters. The Morgan fingerprint density at radius 2 is 1.59 bits per heavy atom. The van der Waals surface area contributed by atoms with E-state index in [4.69, 9.17) is 4.74 Å². The Kier molecular flexibility index (Phi) is 9.47. The lowest BCUT2D eigenvalue weighted by atomic mass is 9.95. The van der Waals surface area contributed by atoms with E-state index in [-0.39, 0.29) is 23.8 Å². The maximum Gasteiger partial charge on any atom is 0.408 e.